The molecule has 4 aliphatic heterocycles. The molecule has 6 heterocycles. The van der Waals surface area contributed by atoms with Gasteiger partial charge in [0.15, 0.2) is 11.4 Å². The minimum atomic E-state index is -4.97. The molecule has 2 aromatic heterocycles. The number of alkyl halides is 3. The second-order valence-corrected chi connectivity index (χ2v) is 22.3. The van der Waals surface area contributed by atoms with Crippen LogP contribution in [0.15, 0.2) is 54.9 Å². The topological polar surface area (TPSA) is 204 Å². The first-order valence-corrected chi connectivity index (χ1v) is 24.8. The molecule has 0 bridgehead atoms. The van der Waals surface area contributed by atoms with Crippen molar-refractivity contribution >= 4 is 53.3 Å². The van der Waals surface area contributed by atoms with E-state index in [1.165, 1.54) is 24.0 Å². The monoisotopic (exact) mass is 958 g/mol. The number of rotatable bonds is 11. The quantitative estimate of drug-likeness (QED) is 0.117. The van der Waals surface area contributed by atoms with E-state index in [-0.39, 0.29) is 77.6 Å². The molecule has 1 unspecified atom stereocenters. The lowest BCUT2D eigenvalue weighted by molar-refractivity contribution is -0.144. The maximum atomic E-state index is 15.0. The van der Waals surface area contributed by atoms with E-state index in [1.807, 2.05) is 19.9 Å². The molecule has 8 rings (SSSR count). The minimum Gasteiger partial charge on any atom is -0.490 e. The number of benzene rings is 1. The third-order valence-corrected chi connectivity index (χ3v) is 16.7. The average Bonchev–Trinajstić information content (AvgIpc) is 4.17. The van der Waals surface area contributed by atoms with Crippen molar-refractivity contribution in [1.82, 2.24) is 30.2 Å². The highest BCUT2D eigenvalue weighted by molar-refractivity contribution is 7.91. The molecule has 21 heteroatoms. The number of nitrogens with one attached hydrogen (secondary N) is 3. The number of amides is 4. The fourth-order valence-corrected chi connectivity index (χ4v) is 11.4. The third-order valence-electron chi connectivity index (χ3n) is 12.8. The van der Waals surface area contributed by atoms with Crippen LogP contribution < -0.4 is 29.6 Å². The molecule has 6 atom stereocenters. The molecule has 3 aromatic rings. The second kappa shape index (κ2) is 18.5. The Morgan fingerprint density at radius 2 is 1.79 bits per heavy atom. The van der Waals surface area contributed by atoms with Gasteiger partial charge in [-0.3, -0.25) is 24.1 Å². The van der Waals surface area contributed by atoms with Crippen molar-refractivity contribution in [2.24, 2.45) is 5.92 Å². The highest BCUT2D eigenvalue weighted by atomic mass is 32.2. The van der Waals surface area contributed by atoms with Crippen molar-refractivity contribution < 1.29 is 59.7 Å². The summed E-state index contributed by atoms with van der Waals surface area (Å²) in [4.78, 5) is 65.9. The molecule has 0 radical (unpaired) electrons. The van der Waals surface area contributed by atoms with Gasteiger partial charge in [-0.1, -0.05) is 47.4 Å². The number of nitrogens with zero attached hydrogens (tertiary/aromatic N) is 3. The van der Waals surface area contributed by atoms with E-state index >= 15 is 0 Å². The van der Waals surface area contributed by atoms with Gasteiger partial charge in [0.05, 0.1) is 23.4 Å². The fraction of sp³-hybridized carbons (Fsp3) is 0.556. The molecule has 5 aliphatic rings. The molecule has 3 fully saturated rings. The van der Waals surface area contributed by atoms with Crippen LogP contribution in [0.1, 0.15) is 89.8 Å². The Morgan fingerprint density at radius 3 is 2.50 bits per heavy atom. The lowest BCUT2D eigenvalue weighted by Gasteiger charge is -2.37. The van der Waals surface area contributed by atoms with Crippen LogP contribution in [0.5, 0.6) is 17.2 Å². The first-order valence-electron chi connectivity index (χ1n) is 22.3. The number of carbonyl (C=O) groups excluding carboxylic acids is 4. The molecule has 2 saturated heterocycles. The normalized spacial score (nSPS) is 27.0. The minimum absolute atomic E-state index is 0.00570. The fourth-order valence-electron chi connectivity index (χ4n) is 8.70. The van der Waals surface area contributed by atoms with Crippen LogP contribution in [0.3, 0.4) is 0 Å². The Kier molecular flexibility index (Phi) is 13.2. The number of hydrogen-bond acceptors (Lipinski definition) is 12. The summed E-state index contributed by atoms with van der Waals surface area (Å²) in [7, 11) is -4.35. The van der Waals surface area contributed by atoms with Crippen molar-refractivity contribution in [2.45, 2.75) is 125 Å². The van der Waals surface area contributed by atoms with Crippen LogP contribution in [0.2, 0.25) is 0 Å². The van der Waals surface area contributed by atoms with E-state index in [2.05, 4.69) is 25.3 Å². The van der Waals surface area contributed by atoms with Crippen LogP contribution >= 0.6 is 8.58 Å². The Morgan fingerprint density at radius 1 is 1.05 bits per heavy atom. The number of hydrogen-bond donors (Lipinski definition) is 3. The first kappa shape index (κ1) is 47.3. The molecule has 1 aliphatic carbocycles. The zero-order chi connectivity index (χ0) is 47.1. The van der Waals surface area contributed by atoms with Gasteiger partial charge in [0.1, 0.15) is 47.7 Å². The number of alkyl carbamates (subject to hydrolysis) is 1. The number of fused-ring (bicyclic) bond motifs is 5. The van der Waals surface area contributed by atoms with Crippen LogP contribution in [0.4, 0.5) is 18.0 Å². The summed E-state index contributed by atoms with van der Waals surface area (Å²) in [5, 5.41) is 4.19. The van der Waals surface area contributed by atoms with Gasteiger partial charge in [-0.05, 0) is 88.1 Å². The van der Waals surface area contributed by atoms with Gasteiger partial charge in [-0.2, -0.15) is 13.2 Å². The maximum absolute atomic E-state index is 15.0. The average molecular weight is 959 g/mol. The molecule has 356 valence electrons. The van der Waals surface area contributed by atoms with Gasteiger partial charge in [0.25, 0.3) is 5.91 Å². The van der Waals surface area contributed by atoms with Crippen molar-refractivity contribution in [2.75, 3.05) is 26.4 Å². The van der Waals surface area contributed by atoms with Crippen LogP contribution in [0, 0.1) is 5.92 Å². The Labute approximate surface area is 382 Å². The van der Waals surface area contributed by atoms with Gasteiger partial charge in [0.2, 0.25) is 21.8 Å². The standard InChI is InChI=1S/C45H54F3N6O10PS/c1-27(2)25-63-41(58)51-33-9-7-5-4-6-8-10-35-44(65-35,40(57)53-66(59,60)42(3)17-18-42)52-38(55)34-24-43(26-54(34)39(33)56)16-13-30-31-23-29(62-22-21-61-28-14-19-49-20-15-28)11-12-32(31)50-37(36(30)64-43)45(46,47)48/h8,10-12,14-15,19-20,23,27,33-35,65H,4-7,9,13,16-18,21-22,24-26H2,1-3H3,(H,51,58)(H,52,55)(H,53,57)/b10-8-/t33-,34-,35-,43+,44-/m0/s1. The van der Waals surface area contributed by atoms with Gasteiger partial charge < -0.3 is 34.5 Å². The predicted molar refractivity (Wildman–Crippen MR) is 237 cm³/mol. The largest absolute Gasteiger partial charge is 0.490 e. The van der Waals surface area contributed by atoms with E-state index in [1.54, 1.807) is 36.7 Å². The number of allylic oxidation sites excluding steroid dienone is 1. The number of halogens is 3. The highest BCUT2D eigenvalue weighted by Gasteiger charge is 2.64. The molecular formula is C45H54F3N6O10PS. The van der Waals surface area contributed by atoms with Crippen molar-refractivity contribution in [1.29, 1.82) is 0 Å². The van der Waals surface area contributed by atoms with Crippen LogP contribution in [-0.4, -0.2) is 107 Å². The highest BCUT2D eigenvalue weighted by Crippen LogP contribution is 2.60. The van der Waals surface area contributed by atoms with E-state index in [9.17, 15) is 40.8 Å². The van der Waals surface area contributed by atoms with E-state index in [4.69, 9.17) is 18.9 Å². The summed E-state index contributed by atoms with van der Waals surface area (Å²) in [6.45, 7) is 5.26. The summed E-state index contributed by atoms with van der Waals surface area (Å²) in [6, 6.07) is 5.33. The number of ether oxygens (including phenoxy) is 4. The van der Waals surface area contributed by atoms with E-state index < -0.39 is 84.8 Å². The van der Waals surface area contributed by atoms with Crippen LogP contribution in [0.25, 0.3) is 10.9 Å². The summed E-state index contributed by atoms with van der Waals surface area (Å²) in [6.07, 6.45) is 4.21. The second-order valence-electron chi connectivity index (χ2n) is 18.4. The zero-order valence-corrected chi connectivity index (χ0v) is 38.7. The lowest BCUT2D eigenvalue weighted by atomic mass is 9.87. The molecule has 1 spiro atoms. The van der Waals surface area contributed by atoms with Gasteiger partial charge >= 0.3 is 12.3 Å². The summed E-state index contributed by atoms with van der Waals surface area (Å²) in [5.74, 6) is -2.00. The molecule has 66 heavy (non-hydrogen) atoms. The number of carbonyl (C=O) groups is 4. The van der Waals surface area contributed by atoms with E-state index in [0.717, 1.165) is 0 Å². The SMILES string of the molecule is CC(C)COC(=O)N[C@H]1CCCCC/C=C\[C@@H]2P[C@@]2(C(=O)NS(=O)(=O)C2(C)CC2)NC(=O)[C@@H]2C[C@]3(CCc4c(c(C(F)(F)F)nc5ccc(OCCOc6ccncc6)cc45)O3)CN2C1=O. The summed E-state index contributed by atoms with van der Waals surface area (Å²) in [5.41, 5.74) is -3.10. The summed E-state index contributed by atoms with van der Waals surface area (Å²) < 4.78 is 96.0. The molecule has 3 N–H and O–H groups in total. The Hall–Kier alpha value is -5.23. The van der Waals surface area contributed by atoms with Crippen molar-refractivity contribution in [3.8, 4) is 17.2 Å². The number of aryl methyl sites for hydroxylation is 1. The Balaban J connectivity index is 1.12. The van der Waals surface area contributed by atoms with Gasteiger partial charge in [-0.15, -0.1) is 0 Å². The lowest BCUT2D eigenvalue weighted by Crippen LogP contribution is -2.58. The third kappa shape index (κ3) is 10.0. The van der Waals surface area contributed by atoms with Gasteiger partial charge in [-0.25, -0.2) is 18.2 Å². The van der Waals surface area contributed by atoms with Gasteiger partial charge in [0, 0.05) is 35.4 Å². The molecule has 4 amide bonds. The number of aromatic nitrogens is 2. The molecule has 1 saturated carbocycles. The van der Waals surface area contributed by atoms with Crippen molar-refractivity contribution in [3.05, 3.63) is 66.1 Å². The predicted octanol–water partition coefficient (Wildman–Crippen LogP) is 5.91. The zero-order valence-electron chi connectivity index (χ0n) is 36.9. The molecular weight excluding hydrogens is 905 g/mol. The number of sulfonamides is 1. The Bertz CT molecular complexity index is 2510. The molecule has 1 aromatic carbocycles. The summed E-state index contributed by atoms with van der Waals surface area (Å²) >= 11 is 0. The number of pyridine rings is 2. The first-order chi connectivity index (χ1) is 31.3. The maximum Gasteiger partial charge on any atom is 0.437 e. The molecule has 16 nitrogen and oxygen atoms in total. The smallest absolute Gasteiger partial charge is 0.437 e. The van der Waals surface area contributed by atoms with Crippen molar-refractivity contribution in [3.63, 3.8) is 0 Å². The van der Waals surface area contributed by atoms with Crippen LogP contribution in [-0.2, 0) is 41.7 Å². The van der Waals surface area contributed by atoms with E-state index in [0.29, 0.717) is 55.4 Å².